The van der Waals surface area contributed by atoms with E-state index in [1.165, 1.54) is 0 Å². The molecule has 50 valence electrons. The molecule has 0 bridgehead atoms. The predicted octanol–water partition coefficient (Wildman–Crippen LogP) is 1.58. The van der Waals surface area contributed by atoms with Crippen LogP contribution in [0.1, 0.15) is 13.8 Å². The zero-order valence-electron chi connectivity index (χ0n) is 6.01. The topological polar surface area (TPSA) is 21.6 Å². The number of nitrogens with zero attached hydrogens (tertiary/aromatic N) is 1. The predicted molar refractivity (Wildman–Crippen MR) is 37.4 cm³/mol. The third-order valence-corrected chi connectivity index (χ3v) is 1.44. The first kappa shape index (κ1) is 6.33. The molecule has 0 radical (unpaired) electrons. The molecule has 0 aromatic rings. The summed E-state index contributed by atoms with van der Waals surface area (Å²) in [5, 5.41) is 0. The van der Waals surface area contributed by atoms with Crippen LogP contribution < -0.4 is 0 Å². The van der Waals surface area contributed by atoms with Crippen molar-refractivity contribution in [3.05, 3.63) is 12.0 Å². The summed E-state index contributed by atoms with van der Waals surface area (Å²) < 4.78 is 5.06. The molecule has 0 amide bonds. The Balaban J connectivity index is 2.78. The quantitative estimate of drug-likeness (QED) is 0.521. The van der Waals surface area contributed by atoms with Gasteiger partial charge in [-0.1, -0.05) is 0 Å². The fraction of sp³-hybridized carbons (Fsp3) is 0.571. The summed E-state index contributed by atoms with van der Waals surface area (Å²) in [5.74, 6) is 0.933. The van der Waals surface area contributed by atoms with Crippen molar-refractivity contribution in [3.63, 3.8) is 0 Å². The molecule has 0 saturated carbocycles. The fourth-order valence-corrected chi connectivity index (χ4v) is 0.837. The minimum Gasteiger partial charge on any atom is -0.499 e. The van der Waals surface area contributed by atoms with Gasteiger partial charge in [0.15, 0.2) is 0 Å². The molecule has 1 heterocycles. The van der Waals surface area contributed by atoms with Crippen LogP contribution in [0.5, 0.6) is 0 Å². The number of allylic oxidation sites excluding steroid dienone is 1. The molecule has 0 unspecified atom stereocenters. The van der Waals surface area contributed by atoms with Gasteiger partial charge in [-0.05, 0) is 13.8 Å². The molecule has 0 N–H and O–H groups in total. The number of ether oxygens (including phenoxy) is 1. The molecular weight excluding hydrogens is 114 g/mol. The van der Waals surface area contributed by atoms with Crippen molar-refractivity contribution in [3.8, 4) is 0 Å². The van der Waals surface area contributed by atoms with E-state index in [1.807, 2.05) is 6.21 Å². The molecule has 0 aromatic carbocycles. The second-order valence-electron chi connectivity index (χ2n) is 2.70. The molecule has 0 atom stereocenters. The van der Waals surface area contributed by atoms with E-state index < -0.39 is 0 Å². The Bertz CT molecular complexity index is 168. The monoisotopic (exact) mass is 125 g/mol. The number of aliphatic imine (C=N–C) groups is 1. The first-order valence-electron chi connectivity index (χ1n) is 2.96. The molecule has 1 rings (SSSR count). The Hall–Kier alpha value is -0.790. The zero-order chi connectivity index (χ0) is 6.91. The minimum atomic E-state index is 0.00868. The van der Waals surface area contributed by atoms with Gasteiger partial charge in [0.2, 0.25) is 0 Å². The van der Waals surface area contributed by atoms with Crippen LogP contribution in [0.15, 0.2) is 17.0 Å². The van der Waals surface area contributed by atoms with Gasteiger partial charge in [0.05, 0.1) is 18.7 Å². The molecule has 9 heavy (non-hydrogen) atoms. The van der Waals surface area contributed by atoms with Crippen molar-refractivity contribution in [2.75, 3.05) is 7.11 Å². The number of rotatable bonds is 1. The zero-order valence-corrected chi connectivity index (χ0v) is 6.01. The van der Waals surface area contributed by atoms with Gasteiger partial charge >= 0.3 is 0 Å². The molecule has 1 aliphatic heterocycles. The maximum atomic E-state index is 5.06. The van der Waals surface area contributed by atoms with E-state index in [9.17, 15) is 0 Å². The largest absolute Gasteiger partial charge is 0.499 e. The Morgan fingerprint density at radius 1 is 1.56 bits per heavy atom. The smallest absolute Gasteiger partial charge is 0.125 e. The van der Waals surface area contributed by atoms with Crippen LogP contribution in [0, 0.1) is 5.41 Å². The first-order valence-corrected chi connectivity index (χ1v) is 2.96. The normalized spacial score (nSPS) is 21.9. The van der Waals surface area contributed by atoms with Gasteiger partial charge < -0.3 is 4.74 Å². The Kier molecular flexibility index (Phi) is 1.31. The standard InChI is InChI=1S/C7H11NO/c1-7(2)5-8-4-6(7)9-3/h4-5H,1-3H3. The summed E-state index contributed by atoms with van der Waals surface area (Å²) in [6, 6.07) is 0. The molecule has 2 nitrogen and oxygen atoms in total. The van der Waals surface area contributed by atoms with Gasteiger partial charge in [-0.2, -0.15) is 0 Å². The lowest BCUT2D eigenvalue weighted by atomic mass is 9.95. The summed E-state index contributed by atoms with van der Waals surface area (Å²) in [6.45, 7) is 4.14. The Morgan fingerprint density at radius 3 is 2.44 bits per heavy atom. The van der Waals surface area contributed by atoms with Crippen molar-refractivity contribution in [1.82, 2.24) is 0 Å². The molecule has 0 aromatic heterocycles. The first-order chi connectivity index (χ1) is 4.17. The molecule has 0 spiro atoms. The lowest BCUT2D eigenvalue weighted by molar-refractivity contribution is 0.237. The molecule has 1 aliphatic rings. The second-order valence-corrected chi connectivity index (χ2v) is 2.70. The van der Waals surface area contributed by atoms with Gasteiger partial charge in [0.25, 0.3) is 0 Å². The van der Waals surface area contributed by atoms with Gasteiger partial charge in [-0.3, -0.25) is 4.99 Å². The molecule has 0 aliphatic carbocycles. The molecule has 2 heteroatoms. The summed E-state index contributed by atoms with van der Waals surface area (Å²) in [7, 11) is 1.67. The van der Waals surface area contributed by atoms with Crippen molar-refractivity contribution in [2.45, 2.75) is 13.8 Å². The summed E-state index contributed by atoms with van der Waals surface area (Å²) in [4.78, 5) is 3.98. The van der Waals surface area contributed by atoms with Crippen LogP contribution in [-0.4, -0.2) is 13.3 Å². The molecule has 0 fully saturated rings. The van der Waals surface area contributed by atoms with E-state index in [-0.39, 0.29) is 5.41 Å². The number of hydrogen-bond donors (Lipinski definition) is 0. The average molecular weight is 125 g/mol. The fourth-order valence-electron chi connectivity index (χ4n) is 0.837. The summed E-state index contributed by atoms with van der Waals surface area (Å²) >= 11 is 0. The Morgan fingerprint density at radius 2 is 2.22 bits per heavy atom. The highest BCUT2D eigenvalue weighted by atomic mass is 16.5. The van der Waals surface area contributed by atoms with Gasteiger partial charge in [0.1, 0.15) is 5.76 Å². The number of hydrogen-bond acceptors (Lipinski definition) is 2. The van der Waals surface area contributed by atoms with E-state index in [4.69, 9.17) is 4.74 Å². The average Bonchev–Trinajstić information content (AvgIpc) is 2.08. The highest BCUT2D eigenvalue weighted by Gasteiger charge is 2.25. The van der Waals surface area contributed by atoms with Gasteiger partial charge in [-0.25, -0.2) is 0 Å². The van der Waals surface area contributed by atoms with Gasteiger partial charge in [-0.15, -0.1) is 0 Å². The molecular formula is C7H11NO. The third kappa shape index (κ3) is 0.969. The van der Waals surface area contributed by atoms with E-state index >= 15 is 0 Å². The summed E-state index contributed by atoms with van der Waals surface area (Å²) in [6.07, 6.45) is 3.63. The van der Waals surface area contributed by atoms with E-state index in [0.29, 0.717) is 0 Å². The summed E-state index contributed by atoms with van der Waals surface area (Å²) in [5.41, 5.74) is 0.00868. The highest BCUT2D eigenvalue weighted by molar-refractivity contribution is 5.72. The van der Waals surface area contributed by atoms with Crippen LogP contribution in [0.4, 0.5) is 0 Å². The second kappa shape index (κ2) is 1.87. The van der Waals surface area contributed by atoms with Crippen LogP contribution in [0.3, 0.4) is 0 Å². The maximum absolute atomic E-state index is 5.06. The van der Waals surface area contributed by atoms with Crippen LogP contribution >= 0.6 is 0 Å². The van der Waals surface area contributed by atoms with Gasteiger partial charge in [0, 0.05) is 6.21 Å². The lowest BCUT2D eigenvalue weighted by Crippen LogP contribution is -2.13. The minimum absolute atomic E-state index is 0.00868. The maximum Gasteiger partial charge on any atom is 0.125 e. The van der Waals surface area contributed by atoms with Crippen molar-refractivity contribution in [1.29, 1.82) is 0 Å². The SMILES string of the molecule is COC1=CN=CC1(C)C. The van der Waals surface area contributed by atoms with Crippen molar-refractivity contribution in [2.24, 2.45) is 10.4 Å². The van der Waals surface area contributed by atoms with Crippen molar-refractivity contribution >= 4 is 6.21 Å². The van der Waals surface area contributed by atoms with Crippen molar-refractivity contribution < 1.29 is 4.74 Å². The van der Waals surface area contributed by atoms with E-state index in [2.05, 4.69) is 18.8 Å². The van der Waals surface area contributed by atoms with Crippen LogP contribution in [0.2, 0.25) is 0 Å². The lowest BCUT2D eigenvalue weighted by Gasteiger charge is -2.16. The Labute approximate surface area is 55.2 Å². The third-order valence-electron chi connectivity index (χ3n) is 1.44. The van der Waals surface area contributed by atoms with E-state index in [0.717, 1.165) is 5.76 Å². The number of methoxy groups -OCH3 is 1. The molecule has 0 saturated heterocycles. The highest BCUT2D eigenvalue weighted by Crippen LogP contribution is 2.28. The van der Waals surface area contributed by atoms with Crippen LogP contribution in [0.25, 0.3) is 0 Å². The van der Waals surface area contributed by atoms with Crippen LogP contribution in [-0.2, 0) is 4.74 Å². The van der Waals surface area contributed by atoms with E-state index in [1.54, 1.807) is 13.3 Å².